The predicted molar refractivity (Wildman–Crippen MR) is 59.8 cm³/mol. The van der Waals surface area contributed by atoms with E-state index in [1.807, 2.05) is 0 Å². The van der Waals surface area contributed by atoms with Gasteiger partial charge in [0.2, 0.25) is 5.91 Å². The minimum atomic E-state index is -0.912. The molecular weight excluding hydrogens is 208 g/mol. The standard InChI is InChI=1S/C11H20N2O3/c1-13(7-8-3-2-4-8)11(16)9(12)5-6-10(14)15/h8-9H,2-7,12H2,1H3,(H,14,15). The largest absolute Gasteiger partial charge is 0.481 e. The lowest BCUT2D eigenvalue weighted by molar-refractivity contribution is -0.137. The lowest BCUT2D eigenvalue weighted by Gasteiger charge is -2.31. The summed E-state index contributed by atoms with van der Waals surface area (Å²) in [7, 11) is 1.74. The second kappa shape index (κ2) is 5.84. The molecule has 5 nitrogen and oxygen atoms in total. The minimum absolute atomic E-state index is 0.0514. The molecule has 1 amide bonds. The van der Waals surface area contributed by atoms with Crippen LogP contribution >= 0.6 is 0 Å². The quantitative estimate of drug-likeness (QED) is 0.691. The molecule has 0 aromatic rings. The number of hydrogen-bond donors (Lipinski definition) is 2. The molecule has 0 spiro atoms. The molecule has 16 heavy (non-hydrogen) atoms. The van der Waals surface area contributed by atoms with E-state index in [1.165, 1.54) is 19.3 Å². The Morgan fingerprint density at radius 1 is 1.50 bits per heavy atom. The van der Waals surface area contributed by atoms with Crippen molar-refractivity contribution in [1.82, 2.24) is 4.90 Å². The van der Waals surface area contributed by atoms with Crippen molar-refractivity contribution in [3.63, 3.8) is 0 Å². The van der Waals surface area contributed by atoms with Crippen molar-refractivity contribution in [2.45, 2.75) is 38.1 Å². The molecule has 1 unspecified atom stereocenters. The molecular formula is C11H20N2O3. The van der Waals surface area contributed by atoms with Crippen LogP contribution in [0, 0.1) is 5.92 Å². The van der Waals surface area contributed by atoms with Gasteiger partial charge >= 0.3 is 5.97 Å². The third-order valence-corrected chi connectivity index (χ3v) is 3.12. The molecule has 1 saturated carbocycles. The Hall–Kier alpha value is -1.10. The average Bonchev–Trinajstić information content (AvgIpc) is 2.18. The van der Waals surface area contributed by atoms with E-state index in [0.717, 1.165) is 6.54 Å². The summed E-state index contributed by atoms with van der Waals surface area (Å²) in [5, 5.41) is 8.49. The Balaban J connectivity index is 2.27. The lowest BCUT2D eigenvalue weighted by Crippen LogP contribution is -2.44. The summed E-state index contributed by atoms with van der Waals surface area (Å²) in [6.07, 6.45) is 3.77. The molecule has 1 atom stereocenters. The fraction of sp³-hybridized carbons (Fsp3) is 0.818. The maximum atomic E-state index is 11.7. The molecule has 0 heterocycles. The Bertz CT molecular complexity index is 264. The second-order valence-electron chi connectivity index (χ2n) is 4.55. The molecule has 1 aliphatic carbocycles. The van der Waals surface area contributed by atoms with Gasteiger partial charge in [0.05, 0.1) is 6.04 Å². The van der Waals surface area contributed by atoms with E-state index in [4.69, 9.17) is 10.8 Å². The van der Waals surface area contributed by atoms with Crippen LogP contribution in [0.25, 0.3) is 0 Å². The third-order valence-electron chi connectivity index (χ3n) is 3.12. The van der Waals surface area contributed by atoms with Crippen LogP contribution in [0.4, 0.5) is 0 Å². The van der Waals surface area contributed by atoms with Crippen LogP contribution in [-0.2, 0) is 9.59 Å². The van der Waals surface area contributed by atoms with E-state index >= 15 is 0 Å². The van der Waals surface area contributed by atoms with Gasteiger partial charge in [-0.1, -0.05) is 6.42 Å². The number of rotatable bonds is 6. The van der Waals surface area contributed by atoms with E-state index in [-0.39, 0.29) is 18.7 Å². The first-order valence-electron chi connectivity index (χ1n) is 5.73. The summed E-state index contributed by atoms with van der Waals surface area (Å²) in [4.78, 5) is 23.7. The number of carbonyl (C=O) groups is 2. The Labute approximate surface area is 95.6 Å². The van der Waals surface area contributed by atoms with Gasteiger partial charge in [0.15, 0.2) is 0 Å². The van der Waals surface area contributed by atoms with Gasteiger partial charge in [-0.15, -0.1) is 0 Å². The van der Waals surface area contributed by atoms with E-state index in [9.17, 15) is 9.59 Å². The van der Waals surface area contributed by atoms with E-state index in [0.29, 0.717) is 5.92 Å². The van der Waals surface area contributed by atoms with Crippen LogP contribution in [0.1, 0.15) is 32.1 Å². The maximum absolute atomic E-state index is 11.7. The monoisotopic (exact) mass is 228 g/mol. The number of carbonyl (C=O) groups excluding carboxylic acids is 1. The van der Waals surface area contributed by atoms with Crippen LogP contribution in [0.5, 0.6) is 0 Å². The zero-order valence-electron chi connectivity index (χ0n) is 9.69. The highest BCUT2D eigenvalue weighted by atomic mass is 16.4. The number of amides is 1. The average molecular weight is 228 g/mol. The zero-order valence-corrected chi connectivity index (χ0v) is 9.69. The summed E-state index contributed by atoms with van der Waals surface area (Å²) in [5.74, 6) is -0.446. The van der Waals surface area contributed by atoms with Crippen LogP contribution in [0.3, 0.4) is 0 Å². The Morgan fingerprint density at radius 3 is 2.56 bits per heavy atom. The van der Waals surface area contributed by atoms with Gasteiger partial charge in [-0.25, -0.2) is 0 Å². The van der Waals surface area contributed by atoms with Crippen molar-refractivity contribution in [2.24, 2.45) is 11.7 Å². The number of aliphatic carboxylic acids is 1. The van der Waals surface area contributed by atoms with Gasteiger partial charge in [-0.05, 0) is 25.2 Å². The van der Waals surface area contributed by atoms with Gasteiger partial charge in [0.1, 0.15) is 0 Å². The second-order valence-corrected chi connectivity index (χ2v) is 4.55. The van der Waals surface area contributed by atoms with Crippen LogP contribution < -0.4 is 5.73 Å². The van der Waals surface area contributed by atoms with Crippen molar-refractivity contribution in [3.05, 3.63) is 0 Å². The number of likely N-dealkylation sites (N-methyl/N-ethyl adjacent to an activating group) is 1. The number of nitrogens with zero attached hydrogens (tertiary/aromatic N) is 1. The Morgan fingerprint density at radius 2 is 2.12 bits per heavy atom. The summed E-state index contributed by atoms with van der Waals surface area (Å²) < 4.78 is 0. The Kier molecular flexibility index (Phi) is 4.73. The first-order valence-corrected chi connectivity index (χ1v) is 5.73. The van der Waals surface area contributed by atoms with E-state index < -0.39 is 12.0 Å². The fourth-order valence-corrected chi connectivity index (χ4v) is 1.84. The maximum Gasteiger partial charge on any atom is 0.303 e. The van der Waals surface area contributed by atoms with Gasteiger partial charge in [0, 0.05) is 20.0 Å². The molecule has 5 heteroatoms. The number of nitrogens with two attached hydrogens (primary N) is 1. The summed E-state index contributed by atoms with van der Waals surface area (Å²) in [6.45, 7) is 0.750. The normalized spacial score (nSPS) is 17.6. The molecule has 0 saturated heterocycles. The number of hydrogen-bond acceptors (Lipinski definition) is 3. The summed E-state index contributed by atoms with van der Waals surface area (Å²) in [5.41, 5.74) is 5.65. The number of carboxylic acids is 1. The lowest BCUT2D eigenvalue weighted by atomic mass is 9.85. The summed E-state index contributed by atoms with van der Waals surface area (Å²) in [6, 6.07) is -0.679. The number of carboxylic acid groups (broad SMARTS) is 1. The van der Waals surface area contributed by atoms with Crippen molar-refractivity contribution in [2.75, 3.05) is 13.6 Å². The predicted octanol–water partition coefficient (Wildman–Crippen LogP) is 0.437. The SMILES string of the molecule is CN(CC1CCC1)C(=O)C(N)CCC(=O)O. The minimum Gasteiger partial charge on any atom is -0.481 e. The topological polar surface area (TPSA) is 83.6 Å². The zero-order chi connectivity index (χ0) is 12.1. The highest BCUT2D eigenvalue weighted by molar-refractivity contribution is 5.82. The molecule has 1 rings (SSSR count). The van der Waals surface area contributed by atoms with Crippen LogP contribution in [0.2, 0.25) is 0 Å². The van der Waals surface area contributed by atoms with Crippen molar-refractivity contribution in [1.29, 1.82) is 0 Å². The van der Waals surface area contributed by atoms with E-state index in [1.54, 1.807) is 11.9 Å². The molecule has 92 valence electrons. The molecule has 3 N–H and O–H groups in total. The molecule has 0 aliphatic heterocycles. The van der Waals surface area contributed by atoms with E-state index in [2.05, 4.69) is 0 Å². The van der Waals surface area contributed by atoms with Crippen LogP contribution in [-0.4, -0.2) is 41.5 Å². The molecule has 0 radical (unpaired) electrons. The first kappa shape index (κ1) is 13.0. The highest BCUT2D eigenvalue weighted by Crippen LogP contribution is 2.26. The van der Waals surface area contributed by atoms with Crippen molar-refractivity contribution < 1.29 is 14.7 Å². The molecule has 0 aromatic carbocycles. The smallest absolute Gasteiger partial charge is 0.303 e. The van der Waals surface area contributed by atoms with Gasteiger partial charge in [0.25, 0.3) is 0 Å². The molecule has 1 fully saturated rings. The fourth-order valence-electron chi connectivity index (χ4n) is 1.84. The highest BCUT2D eigenvalue weighted by Gasteiger charge is 2.24. The third kappa shape index (κ3) is 3.81. The van der Waals surface area contributed by atoms with Gasteiger partial charge in [-0.2, -0.15) is 0 Å². The van der Waals surface area contributed by atoms with Crippen molar-refractivity contribution >= 4 is 11.9 Å². The van der Waals surface area contributed by atoms with Crippen molar-refractivity contribution in [3.8, 4) is 0 Å². The van der Waals surface area contributed by atoms with Crippen LogP contribution in [0.15, 0.2) is 0 Å². The first-order chi connectivity index (χ1) is 7.50. The molecule has 0 bridgehead atoms. The van der Waals surface area contributed by atoms with Gasteiger partial charge in [-0.3, -0.25) is 9.59 Å². The molecule has 1 aliphatic rings. The van der Waals surface area contributed by atoms with Gasteiger partial charge < -0.3 is 15.7 Å². The summed E-state index contributed by atoms with van der Waals surface area (Å²) >= 11 is 0. The molecule has 0 aromatic heterocycles.